The number of rotatable bonds is 3. The average Bonchev–Trinajstić information content (AvgIpc) is 2.35. The zero-order valence-corrected chi connectivity index (χ0v) is 11.1. The SMILES string of the molecule is Nc1ccc(=O)n(CCn2cccc(Br)c2=O)c1. The molecule has 0 spiro atoms. The van der Waals surface area contributed by atoms with Gasteiger partial charge < -0.3 is 14.9 Å². The van der Waals surface area contributed by atoms with E-state index in [1.165, 1.54) is 10.6 Å². The molecule has 2 rings (SSSR count). The van der Waals surface area contributed by atoms with E-state index in [1.807, 2.05) is 0 Å². The van der Waals surface area contributed by atoms with Crippen LogP contribution in [0.15, 0.2) is 50.7 Å². The highest BCUT2D eigenvalue weighted by atomic mass is 79.9. The van der Waals surface area contributed by atoms with Crippen molar-refractivity contribution in [3.8, 4) is 0 Å². The third-order valence-corrected chi connectivity index (χ3v) is 3.17. The molecule has 0 aliphatic heterocycles. The highest BCUT2D eigenvalue weighted by molar-refractivity contribution is 9.10. The van der Waals surface area contributed by atoms with Crippen molar-refractivity contribution in [3.05, 3.63) is 61.8 Å². The molecule has 0 atom stereocenters. The Morgan fingerprint density at radius 2 is 1.83 bits per heavy atom. The van der Waals surface area contributed by atoms with Crippen LogP contribution in [0.4, 0.5) is 5.69 Å². The van der Waals surface area contributed by atoms with Gasteiger partial charge in [0.1, 0.15) is 0 Å². The lowest BCUT2D eigenvalue weighted by Crippen LogP contribution is -2.26. The fourth-order valence-corrected chi connectivity index (χ4v) is 2.00. The number of halogens is 1. The Hall–Kier alpha value is -1.82. The fraction of sp³-hybridized carbons (Fsp3) is 0.167. The number of aromatic nitrogens is 2. The minimum Gasteiger partial charge on any atom is -0.398 e. The molecule has 94 valence electrons. The molecule has 0 bridgehead atoms. The van der Waals surface area contributed by atoms with Gasteiger partial charge in [-0.15, -0.1) is 0 Å². The molecule has 18 heavy (non-hydrogen) atoms. The van der Waals surface area contributed by atoms with Crippen molar-refractivity contribution in [2.24, 2.45) is 0 Å². The van der Waals surface area contributed by atoms with E-state index in [4.69, 9.17) is 5.73 Å². The molecule has 2 aromatic rings. The van der Waals surface area contributed by atoms with Gasteiger partial charge in [-0.05, 0) is 34.1 Å². The van der Waals surface area contributed by atoms with E-state index in [1.54, 1.807) is 35.2 Å². The van der Waals surface area contributed by atoms with E-state index in [0.29, 0.717) is 23.2 Å². The van der Waals surface area contributed by atoms with E-state index in [-0.39, 0.29) is 11.1 Å². The van der Waals surface area contributed by atoms with E-state index in [2.05, 4.69) is 15.9 Å². The Labute approximate surface area is 112 Å². The average molecular weight is 310 g/mol. The lowest BCUT2D eigenvalue weighted by Gasteiger charge is -2.08. The van der Waals surface area contributed by atoms with Crippen LogP contribution < -0.4 is 16.9 Å². The minimum absolute atomic E-state index is 0.116. The highest BCUT2D eigenvalue weighted by Gasteiger charge is 2.01. The van der Waals surface area contributed by atoms with E-state index >= 15 is 0 Å². The van der Waals surface area contributed by atoms with Gasteiger partial charge in [-0.1, -0.05) is 0 Å². The Morgan fingerprint density at radius 1 is 1.11 bits per heavy atom. The van der Waals surface area contributed by atoms with E-state index < -0.39 is 0 Å². The van der Waals surface area contributed by atoms with Gasteiger partial charge in [0.2, 0.25) is 0 Å². The number of nitrogens with two attached hydrogens (primary N) is 1. The fourth-order valence-electron chi connectivity index (χ4n) is 1.62. The maximum Gasteiger partial charge on any atom is 0.264 e. The lowest BCUT2D eigenvalue weighted by atomic mass is 10.4. The van der Waals surface area contributed by atoms with Crippen molar-refractivity contribution >= 4 is 21.6 Å². The van der Waals surface area contributed by atoms with Gasteiger partial charge >= 0.3 is 0 Å². The van der Waals surface area contributed by atoms with Gasteiger partial charge in [-0.3, -0.25) is 9.59 Å². The summed E-state index contributed by atoms with van der Waals surface area (Å²) >= 11 is 3.18. The lowest BCUT2D eigenvalue weighted by molar-refractivity contribution is 0.552. The van der Waals surface area contributed by atoms with Gasteiger partial charge in [0.25, 0.3) is 11.1 Å². The molecule has 0 saturated carbocycles. The summed E-state index contributed by atoms with van der Waals surface area (Å²) in [5.41, 5.74) is 5.89. The normalized spacial score (nSPS) is 10.5. The zero-order chi connectivity index (χ0) is 13.1. The predicted molar refractivity (Wildman–Crippen MR) is 73.5 cm³/mol. The first-order valence-electron chi connectivity index (χ1n) is 5.39. The molecule has 2 heterocycles. The van der Waals surface area contributed by atoms with Crippen molar-refractivity contribution in [1.29, 1.82) is 0 Å². The van der Waals surface area contributed by atoms with E-state index in [0.717, 1.165) is 0 Å². The molecule has 5 nitrogen and oxygen atoms in total. The predicted octanol–water partition coefficient (Wildman–Crippen LogP) is 1.05. The van der Waals surface area contributed by atoms with Crippen molar-refractivity contribution < 1.29 is 0 Å². The molecule has 0 unspecified atom stereocenters. The summed E-state index contributed by atoms with van der Waals surface area (Å²) in [5, 5.41) is 0. The van der Waals surface area contributed by atoms with Crippen LogP contribution >= 0.6 is 15.9 Å². The van der Waals surface area contributed by atoms with Gasteiger partial charge in [0.15, 0.2) is 0 Å². The molecule has 0 amide bonds. The standard InChI is InChI=1S/C12H12BrN3O2/c13-10-2-1-5-15(12(10)18)6-7-16-8-9(14)3-4-11(16)17/h1-5,8H,6-7,14H2. The van der Waals surface area contributed by atoms with Crippen LogP contribution in [0.25, 0.3) is 0 Å². The summed E-state index contributed by atoms with van der Waals surface area (Å²) in [6.07, 6.45) is 3.26. The van der Waals surface area contributed by atoms with Crippen LogP contribution in [0.5, 0.6) is 0 Å². The quantitative estimate of drug-likeness (QED) is 0.921. The van der Waals surface area contributed by atoms with Crippen LogP contribution in [0.2, 0.25) is 0 Å². The Bertz CT molecular complexity index is 674. The molecule has 0 fully saturated rings. The summed E-state index contributed by atoms with van der Waals surface area (Å²) in [6.45, 7) is 0.821. The van der Waals surface area contributed by atoms with Crippen LogP contribution in [-0.2, 0) is 13.1 Å². The first-order chi connectivity index (χ1) is 8.58. The third-order valence-electron chi connectivity index (χ3n) is 2.56. The molecule has 0 radical (unpaired) electrons. The van der Waals surface area contributed by atoms with Crippen LogP contribution in [-0.4, -0.2) is 9.13 Å². The smallest absolute Gasteiger partial charge is 0.264 e. The third kappa shape index (κ3) is 2.70. The topological polar surface area (TPSA) is 70.0 Å². The number of nitrogens with zero attached hydrogens (tertiary/aromatic N) is 2. The number of nitrogen functional groups attached to an aromatic ring is 1. The monoisotopic (exact) mass is 309 g/mol. The second-order valence-corrected chi connectivity index (χ2v) is 4.70. The molecule has 0 aliphatic carbocycles. The maximum absolute atomic E-state index is 11.7. The number of anilines is 1. The number of aryl methyl sites for hydroxylation is 2. The number of hydrogen-bond acceptors (Lipinski definition) is 3. The van der Waals surface area contributed by atoms with Crippen molar-refractivity contribution in [3.63, 3.8) is 0 Å². The molecule has 0 aliphatic rings. The van der Waals surface area contributed by atoms with Crippen molar-refractivity contribution in [2.45, 2.75) is 13.1 Å². The van der Waals surface area contributed by atoms with Gasteiger partial charge in [0.05, 0.1) is 4.47 Å². The number of hydrogen-bond donors (Lipinski definition) is 1. The van der Waals surface area contributed by atoms with Crippen LogP contribution in [0.1, 0.15) is 0 Å². The van der Waals surface area contributed by atoms with Crippen molar-refractivity contribution in [1.82, 2.24) is 9.13 Å². The minimum atomic E-state index is -0.132. The molecule has 2 aromatic heterocycles. The highest BCUT2D eigenvalue weighted by Crippen LogP contribution is 2.01. The number of pyridine rings is 2. The van der Waals surface area contributed by atoms with Gasteiger partial charge in [-0.25, -0.2) is 0 Å². The first kappa shape index (κ1) is 12.6. The zero-order valence-electron chi connectivity index (χ0n) is 9.54. The van der Waals surface area contributed by atoms with Gasteiger partial charge in [0, 0.05) is 37.2 Å². The Kier molecular flexibility index (Phi) is 3.66. The summed E-state index contributed by atoms with van der Waals surface area (Å²) in [7, 11) is 0. The molecular formula is C12H12BrN3O2. The van der Waals surface area contributed by atoms with Crippen LogP contribution in [0.3, 0.4) is 0 Å². The second kappa shape index (κ2) is 5.22. The molecule has 0 aromatic carbocycles. The maximum atomic E-state index is 11.7. The molecular weight excluding hydrogens is 298 g/mol. The Balaban J connectivity index is 2.22. The summed E-state index contributed by atoms with van der Waals surface area (Å²) in [6, 6.07) is 6.43. The first-order valence-corrected chi connectivity index (χ1v) is 6.18. The Morgan fingerprint density at radius 3 is 2.61 bits per heavy atom. The molecule has 0 saturated heterocycles. The molecule has 6 heteroatoms. The van der Waals surface area contributed by atoms with E-state index in [9.17, 15) is 9.59 Å². The summed E-state index contributed by atoms with van der Waals surface area (Å²) < 4.78 is 3.53. The van der Waals surface area contributed by atoms with Gasteiger partial charge in [-0.2, -0.15) is 0 Å². The largest absolute Gasteiger partial charge is 0.398 e. The summed E-state index contributed by atoms with van der Waals surface area (Å²) in [5.74, 6) is 0. The van der Waals surface area contributed by atoms with Crippen molar-refractivity contribution in [2.75, 3.05) is 5.73 Å². The second-order valence-electron chi connectivity index (χ2n) is 3.85. The molecule has 2 N–H and O–H groups in total. The summed E-state index contributed by atoms with van der Waals surface area (Å²) in [4.78, 5) is 23.3. The van der Waals surface area contributed by atoms with Crippen LogP contribution in [0, 0.1) is 0 Å².